The van der Waals surface area contributed by atoms with Gasteiger partial charge in [-0.15, -0.1) is 0 Å². The summed E-state index contributed by atoms with van der Waals surface area (Å²) < 4.78 is 46.1. The van der Waals surface area contributed by atoms with Gasteiger partial charge in [-0.2, -0.15) is 13.2 Å². The van der Waals surface area contributed by atoms with E-state index in [1.807, 2.05) is 0 Å². The number of rotatable bonds is 7. The Balaban J connectivity index is 2.62. The number of nitrogens with two attached hydrogens (primary N) is 1. The molecule has 8 heteroatoms. The second-order valence-corrected chi connectivity index (χ2v) is 4.19. The predicted octanol–water partition coefficient (Wildman–Crippen LogP) is 1.25. The molecule has 1 amide bonds. The quantitative estimate of drug-likeness (QED) is 0.795. The molecule has 21 heavy (non-hydrogen) atoms. The zero-order chi connectivity index (χ0) is 15.9. The molecular formula is C13H17F3N2O3. The van der Waals surface area contributed by atoms with Crippen LogP contribution in [0.25, 0.3) is 0 Å². The second kappa shape index (κ2) is 7.72. The van der Waals surface area contributed by atoms with E-state index >= 15 is 0 Å². The second-order valence-electron chi connectivity index (χ2n) is 4.19. The van der Waals surface area contributed by atoms with Gasteiger partial charge in [-0.05, 0) is 24.6 Å². The minimum Gasteiger partial charge on any atom is -0.497 e. The van der Waals surface area contributed by atoms with E-state index in [1.54, 1.807) is 23.5 Å². The average Bonchev–Trinajstić information content (AvgIpc) is 2.43. The number of nitrogens with one attached hydrogen (secondary N) is 1. The van der Waals surface area contributed by atoms with Crippen LogP contribution >= 0.6 is 0 Å². The Morgan fingerprint density at radius 1 is 1.38 bits per heavy atom. The van der Waals surface area contributed by atoms with Crippen LogP contribution in [0.5, 0.6) is 11.5 Å². The van der Waals surface area contributed by atoms with Gasteiger partial charge in [0.1, 0.15) is 18.0 Å². The van der Waals surface area contributed by atoms with E-state index in [4.69, 9.17) is 15.2 Å². The molecule has 0 atom stereocenters. The average molecular weight is 306 g/mol. The Morgan fingerprint density at radius 2 is 2.10 bits per heavy atom. The highest BCUT2D eigenvalue weighted by Crippen LogP contribution is 2.25. The fraction of sp³-hybridized carbons (Fsp3) is 0.462. The van der Waals surface area contributed by atoms with Gasteiger partial charge in [0.05, 0.1) is 7.11 Å². The van der Waals surface area contributed by atoms with Crippen molar-refractivity contribution >= 4 is 5.91 Å². The van der Waals surface area contributed by atoms with E-state index in [0.29, 0.717) is 24.5 Å². The molecule has 0 fully saturated rings. The molecule has 0 aliphatic carbocycles. The molecule has 5 nitrogen and oxygen atoms in total. The van der Waals surface area contributed by atoms with Crippen molar-refractivity contribution in [1.82, 2.24) is 5.32 Å². The van der Waals surface area contributed by atoms with Gasteiger partial charge in [0.15, 0.2) is 6.61 Å². The lowest BCUT2D eigenvalue weighted by atomic mass is 10.1. The fourth-order valence-electron chi connectivity index (χ4n) is 1.55. The molecule has 0 heterocycles. The Kier molecular flexibility index (Phi) is 6.29. The molecule has 0 aliphatic heterocycles. The molecule has 0 bridgehead atoms. The van der Waals surface area contributed by atoms with Gasteiger partial charge in [0.25, 0.3) is 5.91 Å². The van der Waals surface area contributed by atoms with Crippen molar-refractivity contribution in [3.05, 3.63) is 23.8 Å². The third kappa shape index (κ3) is 6.35. The van der Waals surface area contributed by atoms with Crippen LogP contribution < -0.4 is 20.5 Å². The molecule has 0 aromatic heterocycles. The number of amides is 1. The van der Waals surface area contributed by atoms with Gasteiger partial charge >= 0.3 is 6.18 Å². The number of benzene rings is 1. The molecular weight excluding hydrogens is 289 g/mol. The van der Waals surface area contributed by atoms with Crippen molar-refractivity contribution in [2.75, 3.05) is 26.8 Å². The molecule has 0 saturated heterocycles. The van der Waals surface area contributed by atoms with Crippen molar-refractivity contribution in [2.45, 2.75) is 12.6 Å². The largest absolute Gasteiger partial charge is 0.497 e. The number of carbonyl (C=O) groups is 1. The minimum atomic E-state index is -4.45. The summed E-state index contributed by atoms with van der Waals surface area (Å²) in [5.41, 5.74) is 6.21. The molecule has 1 aromatic rings. The van der Waals surface area contributed by atoms with Gasteiger partial charge in [-0.3, -0.25) is 4.79 Å². The van der Waals surface area contributed by atoms with Crippen LogP contribution in [0.15, 0.2) is 18.2 Å². The van der Waals surface area contributed by atoms with Crippen molar-refractivity contribution in [3.8, 4) is 11.5 Å². The third-order valence-electron chi connectivity index (χ3n) is 2.53. The highest BCUT2D eigenvalue weighted by molar-refractivity contribution is 5.77. The number of alkyl halides is 3. The van der Waals surface area contributed by atoms with E-state index in [2.05, 4.69) is 0 Å². The maximum Gasteiger partial charge on any atom is 0.405 e. The lowest BCUT2D eigenvalue weighted by molar-refractivity contribution is -0.139. The summed E-state index contributed by atoms with van der Waals surface area (Å²) in [4.78, 5) is 11.3. The predicted molar refractivity (Wildman–Crippen MR) is 70.3 cm³/mol. The summed E-state index contributed by atoms with van der Waals surface area (Å²) in [5, 5.41) is 1.73. The maximum atomic E-state index is 12.0. The number of hydrogen-bond acceptors (Lipinski definition) is 4. The monoisotopic (exact) mass is 306 g/mol. The van der Waals surface area contributed by atoms with Gasteiger partial charge in [0.2, 0.25) is 0 Å². The molecule has 0 radical (unpaired) electrons. The Labute approximate surface area is 120 Å². The molecule has 0 spiro atoms. The highest BCUT2D eigenvalue weighted by atomic mass is 19.4. The summed E-state index contributed by atoms with van der Waals surface area (Å²) in [6.07, 6.45) is -3.93. The van der Waals surface area contributed by atoms with Gasteiger partial charge < -0.3 is 20.5 Å². The van der Waals surface area contributed by atoms with Crippen LogP contribution in [0.2, 0.25) is 0 Å². The van der Waals surface area contributed by atoms with Crippen LogP contribution in [0.4, 0.5) is 13.2 Å². The Morgan fingerprint density at radius 3 is 2.67 bits per heavy atom. The zero-order valence-electron chi connectivity index (χ0n) is 11.5. The molecule has 0 saturated carbocycles. The topological polar surface area (TPSA) is 73.6 Å². The maximum absolute atomic E-state index is 12.0. The molecule has 1 rings (SSSR count). The van der Waals surface area contributed by atoms with Crippen molar-refractivity contribution in [3.63, 3.8) is 0 Å². The van der Waals surface area contributed by atoms with Crippen molar-refractivity contribution < 1.29 is 27.4 Å². The summed E-state index contributed by atoms with van der Waals surface area (Å²) in [7, 11) is 1.47. The Hall–Kier alpha value is -1.96. The lowest BCUT2D eigenvalue weighted by Crippen LogP contribution is -2.36. The van der Waals surface area contributed by atoms with Crippen LogP contribution in [0.3, 0.4) is 0 Å². The number of halogens is 3. The molecule has 118 valence electrons. The van der Waals surface area contributed by atoms with E-state index < -0.39 is 25.2 Å². The molecule has 0 unspecified atom stereocenters. The van der Waals surface area contributed by atoms with Gasteiger partial charge in [0, 0.05) is 6.07 Å². The number of carbonyl (C=O) groups excluding carboxylic acids is 1. The third-order valence-corrected chi connectivity index (χ3v) is 2.53. The normalized spacial score (nSPS) is 11.1. The van der Waals surface area contributed by atoms with Gasteiger partial charge in [-0.25, -0.2) is 0 Å². The first-order valence-corrected chi connectivity index (χ1v) is 6.19. The van der Waals surface area contributed by atoms with Crippen molar-refractivity contribution in [2.24, 2.45) is 5.73 Å². The minimum absolute atomic E-state index is 0.363. The first kappa shape index (κ1) is 17.1. The van der Waals surface area contributed by atoms with Crippen LogP contribution in [-0.4, -0.2) is 38.9 Å². The summed E-state index contributed by atoms with van der Waals surface area (Å²) in [6.45, 7) is -1.52. The highest BCUT2D eigenvalue weighted by Gasteiger charge is 2.27. The number of hydrogen-bond donors (Lipinski definition) is 2. The summed E-state index contributed by atoms with van der Waals surface area (Å²) in [5.74, 6) is 0.0253. The lowest BCUT2D eigenvalue weighted by Gasteiger charge is -2.13. The van der Waals surface area contributed by atoms with Gasteiger partial charge in [-0.1, -0.05) is 6.07 Å². The molecule has 0 aliphatic rings. The summed E-state index contributed by atoms with van der Waals surface area (Å²) >= 11 is 0. The Bertz CT molecular complexity index is 478. The van der Waals surface area contributed by atoms with E-state index in [1.165, 1.54) is 7.11 Å². The van der Waals surface area contributed by atoms with Crippen LogP contribution in [0, 0.1) is 0 Å². The van der Waals surface area contributed by atoms with Crippen LogP contribution in [0.1, 0.15) is 5.56 Å². The molecule has 1 aromatic carbocycles. The van der Waals surface area contributed by atoms with Crippen molar-refractivity contribution in [1.29, 1.82) is 0 Å². The zero-order valence-corrected chi connectivity index (χ0v) is 11.5. The van der Waals surface area contributed by atoms with E-state index in [-0.39, 0.29) is 0 Å². The first-order valence-electron chi connectivity index (χ1n) is 6.19. The van der Waals surface area contributed by atoms with E-state index in [0.717, 1.165) is 5.56 Å². The smallest absolute Gasteiger partial charge is 0.405 e. The number of ether oxygens (including phenoxy) is 2. The van der Waals surface area contributed by atoms with Crippen LogP contribution in [-0.2, 0) is 11.2 Å². The fourth-order valence-corrected chi connectivity index (χ4v) is 1.55. The first-order chi connectivity index (χ1) is 9.85. The summed E-state index contributed by atoms with van der Waals surface area (Å²) in [6, 6.07) is 5.00. The SMILES string of the molecule is COc1ccc(CCN)c(OCC(=O)NCC(F)(F)F)c1. The molecule has 3 N–H and O–H groups in total. The number of methoxy groups -OCH3 is 1. The standard InChI is InChI=1S/C13H17F3N2O3/c1-20-10-3-2-9(4-5-17)11(6-10)21-7-12(19)18-8-13(14,15)16/h2-3,6H,4-5,7-8,17H2,1H3,(H,18,19). The van der Waals surface area contributed by atoms with E-state index in [9.17, 15) is 18.0 Å².